The number of rotatable bonds is 6. The quantitative estimate of drug-likeness (QED) is 0.278. The van der Waals surface area contributed by atoms with Gasteiger partial charge < -0.3 is 9.47 Å². The van der Waals surface area contributed by atoms with Crippen LogP contribution in [0.25, 0.3) is 10.8 Å². The van der Waals surface area contributed by atoms with Crippen LogP contribution in [0.5, 0.6) is 5.75 Å². The number of carbonyl (C=O) groups is 1. The van der Waals surface area contributed by atoms with Crippen LogP contribution >= 0.6 is 0 Å². The number of hydrogen-bond acceptors (Lipinski definition) is 4. The summed E-state index contributed by atoms with van der Waals surface area (Å²) in [6.45, 7) is 4.95. The number of ether oxygens (including phenoxy) is 2. The number of hydrogen-bond donors (Lipinski definition) is 0. The monoisotopic (exact) mass is 545 g/mol. The summed E-state index contributed by atoms with van der Waals surface area (Å²) in [5, 5.41) is 0.459. The first-order chi connectivity index (χ1) is 17.8. The average Bonchev–Trinajstić information content (AvgIpc) is 2.83. The second kappa shape index (κ2) is 11.3. The first-order valence-electron chi connectivity index (χ1n) is 13.1. The van der Waals surface area contributed by atoms with Crippen LogP contribution in [-0.2, 0) is 22.3 Å². The zero-order valence-electron chi connectivity index (χ0n) is 21.5. The third-order valence-corrected chi connectivity index (χ3v) is 7.47. The highest BCUT2D eigenvalue weighted by atomic mass is 19.4. The van der Waals surface area contributed by atoms with Crippen molar-refractivity contribution in [1.82, 2.24) is 4.90 Å². The molecule has 0 bridgehead atoms. The minimum Gasteiger partial charge on any atom is -0.490 e. The van der Waals surface area contributed by atoms with E-state index in [0.717, 1.165) is 0 Å². The largest absolute Gasteiger partial charge is 0.490 e. The predicted molar refractivity (Wildman–Crippen MR) is 131 cm³/mol. The number of piperidine rings is 1. The van der Waals surface area contributed by atoms with E-state index in [0.29, 0.717) is 36.9 Å². The highest BCUT2D eigenvalue weighted by Crippen LogP contribution is 2.45. The molecule has 0 N–H and O–H groups in total. The van der Waals surface area contributed by atoms with Crippen LogP contribution in [0.1, 0.15) is 63.5 Å². The molecule has 2 aliphatic rings. The van der Waals surface area contributed by atoms with Crippen LogP contribution in [-0.4, -0.2) is 42.3 Å². The lowest BCUT2D eigenvalue weighted by molar-refractivity contribution is -0.185. The van der Waals surface area contributed by atoms with Crippen LogP contribution in [0.15, 0.2) is 30.3 Å². The first-order valence-corrected chi connectivity index (χ1v) is 13.1. The van der Waals surface area contributed by atoms with E-state index < -0.39 is 29.9 Å². The molecule has 2 aromatic carbocycles. The number of fused-ring (bicyclic) bond motifs is 1. The highest BCUT2D eigenvalue weighted by Gasteiger charge is 2.43. The third-order valence-electron chi connectivity index (χ3n) is 7.47. The lowest BCUT2D eigenvalue weighted by Gasteiger charge is -2.32. The first kappa shape index (κ1) is 28.5. The topological polar surface area (TPSA) is 38.8 Å². The Bertz CT molecular complexity index is 1110. The zero-order chi connectivity index (χ0) is 27.7. The van der Waals surface area contributed by atoms with Crippen molar-refractivity contribution in [3.63, 3.8) is 0 Å². The minimum atomic E-state index is -4.72. The highest BCUT2D eigenvalue weighted by molar-refractivity contribution is 5.91. The van der Waals surface area contributed by atoms with Crippen molar-refractivity contribution in [3.8, 4) is 5.75 Å². The molecule has 0 amide bonds. The van der Waals surface area contributed by atoms with E-state index in [1.807, 2.05) is 4.90 Å². The van der Waals surface area contributed by atoms with Gasteiger partial charge in [0.05, 0.1) is 24.0 Å². The number of carbonyl (C=O) groups excluding carboxylic acids is 1. The van der Waals surface area contributed by atoms with Crippen LogP contribution in [0, 0.1) is 11.8 Å². The van der Waals surface area contributed by atoms with Crippen LogP contribution in [0.3, 0.4) is 0 Å². The molecule has 0 unspecified atom stereocenters. The molecule has 210 valence electrons. The number of likely N-dealkylation sites (tertiary alicyclic amines) is 1. The van der Waals surface area contributed by atoms with E-state index >= 15 is 0 Å². The van der Waals surface area contributed by atoms with Gasteiger partial charge in [0.25, 0.3) is 0 Å². The lowest BCUT2D eigenvalue weighted by Crippen LogP contribution is -2.37. The number of halogens is 6. The maximum atomic E-state index is 14.5. The van der Waals surface area contributed by atoms with Crippen molar-refractivity contribution in [2.45, 2.75) is 83.5 Å². The smallest absolute Gasteiger partial charge is 0.420 e. The molecule has 1 aliphatic heterocycles. The Kier molecular flexibility index (Phi) is 8.49. The number of alkyl halides is 6. The summed E-state index contributed by atoms with van der Waals surface area (Å²) < 4.78 is 93.5. The van der Waals surface area contributed by atoms with Gasteiger partial charge in [0.15, 0.2) is 0 Å². The van der Waals surface area contributed by atoms with E-state index in [1.165, 1.54) is 6.07 Å². The van der Waals surface area contributed by atoms with Gasteiger partial charge in [-0.15, -0.1) is 0 Å². The van der Waals surface area contributed by atoms with Gasteiger partial charge in [0.2, 0.25) is 0 Å². The molecule has 0 aromatic heterocycles. The number of nitrogens with zero attached hydrogens (tertiary/aromatic N) is 1. The van der Waals surface area contributed by atoms with Gasteiger partial charge in [-0.25, -0.2) is 0 Å². The van der Waals surface area contributed by atoms with E-state index in [1.54, 1.807) is 38.1 Å². The van der Waals surface area contributed by atoms with Gasteiger partial charge in [0.1, 0.15) is 11.3 Å². The molecule has 10 heteroatoms. The lowest BCUT2D eigenvalue weighted by atomic mass is 9.87. The van der Waals surface area contributed by atoms with Crippen molar-refractivity contribution in [2.24, 2.45) is 11.8 Å². The Morgan fingerprint density at radius 3 is 2.18 bits per heavy atom. The maximum absolute atomic E-state index is 14.5. The van der Waals surface area contributed by atoms with Crippen molar-refractivity contribution in [1.29, 1.82) is 0 Å². The Balaban J connectivity index is 1.55. The summed E-state index contributed by atoms with van der Waals surface area (Å²) >= 11 is 0. The third kappa shape index (κ3) is 6.74. The van der Waals surface area contributed by atoms with Crippen LogP contribution in [0.2, 0.25) is 0 Å². The molecular formula is C28H33F6NO3. The fraction of sp³-hybridized carbons (Fsp3) is 0.607. The van der Waals surface area contributed by atoms with Crippen LogP contribution < -0.4 is 4.74 Å². The number of esters is 1. The molecule has 0 spiro atoms. The second-order valence-corrected chi connectivity index (χ2v) is 10.6. The zero-order valence-corrected chi connectivity index (χ0v) is 21.5. The second-order valence-electron chi connectivity index (χ2n) is 10.6. The molecule has 0 atom stereocenters. The molecule has 1 saturated heterocycles. The minimum absolute atomic E-state index is 0.0443. The summed E-state index contributed by atoms with van der Waals surface area (Å²) in [7, 11) is 0. The van der Waals surface area contributed by atoms with Crippen molar-refractivity contribution >= 4 is 16.7 Å². The van der Waals surface area contributed by atoms with Gasteiger partial charge in [-0.1, -0.05) is 24.3 Å². The fourth-order valence-corrected chi connectivity index (χ4v) is 5.53. The van der Waals surface area contributed by atoms with Gasteiger partial charge in [-0.2, -0.15) is 26.3 Å². The van der Waals surface area contributed by atoms with Crippen molar-refractivity contribution in [2.75, 3.05) is 13.1 Å². The number of benzene rings is 2. The van der Waals surface area contributed by atoms with E-state index in [2.05, 4.69) is 0 Å². The van der Waals surface area contributed by atoms with Crippen LogP contribution in [0.4, 0.5) is 26.3 Å². The maximum Gasteiger partial charge on any atom is 0.420 e. The molecule has 4 rings (SSSR count). The molecule has 2 fully saturated rings. The van der Waals surface area contributed by atoms with E-state index in [-0.39, 0.29) is 61.4 Å². The Labute approximate surface area is 218 Å². The van der Waals surface area contributed by atoms with E-state index in [9.17, 15) is 31.1 Å². The Morgan fingerprint density at radius 1 is 0.947 bits per heavy atom. The van der Waals surface area contributed by atoms with Gasteiger partial charge >= 0.3 is 18.3 Å². The summed E-state index contributed by atoms with van der Waals surface area (Å²) in [6.07, 6.45) is -9.01. The SMILES string of the molecule is CC(C)OC(=O)C1CCN(Cc2cccc3ccc(O[C@H]4CC[C@@H](C(F)(F)F)CC4)c(C(F)(F)F)c23)CC1. The molecule has 0 radical (unpaired) electrons. The molecule has 4 nitrogen and oxygen atoms in total. The van der Waals surface area contributed by atoms with Gasteiger partial charge in [-0.3, -0.25) is 9.69 Å². The summed E-state index contributed by atoms with van der Waals surface area (Å²) in [6, 6.07) is 7.83. The molecule has 1 heterocycles. The van der Waals surface area contributed by atoms with Crippen molar-refractivity contribution in [3.05, 3.63) is 41.5 Å². The summed E-state index contributed by atoms with van der Waals surface area (Å²) in [4.78, 5) is 14.3. The van der Waals surface area contributed by atoms with E-state index in [4.69, 9.17) is 9.47 Å². The summed E-state index contributed by atoms with van der Waals surface area (Å²) in [5.74, 6) is -2.25. The van der Waals surface area contributed by atoms with Crippen molar-refractivity contribution < 1.29 is 40.6 Å². The molecule has 1 aliphatic carbocycles. The molecule has 1 saturated carbocycles. The fourth-order valence-electron chi connectivity index (χ4n) is 5.53. The molecule has 2 aromatic rings. The normalized spacial score (nSPS) is 22.1. The Morgan fingerprint density at radius 2 is 1.61 bits per heavy atom. The van der Waals surface area contributed by atoms with Gasteiger partial charge in [-0.05, 0) is 82.5 Å². The standard InChI is InChI=1S/C28H33F6NO3/c1-17(2)37-26(36)19-12-14-35(15-13-19)16-20-5-3-4-18-6-11-23(25(24(18)20)28(32,33)34)38-22-9-7-21(8-10-22)27(29,30)31/h3-6,11,17,19,21-22H,7-10,12-16H2,1-2H3/t21-,22+. The van der Waals surface area contributed by atoms with Gasteiger partial charge in [0, 0.05) is 11.9 Å². The molecular weight excluding hydrogens is 512 g/mol. The summed E-state index contributed by atoms with van der Waals surface area (Å²) in [5.41, 5.74) is -0.400. The predicted octanol–water partition coefficient (Wildman–Crippen LogP) is 7.52. The average molecular weight is 546 g/mol. The molecule has 38 heavy (non-hydrogen) atoms. The Hall–Kier alpha value is -2.49.